The third kappa shape index (κ3) is 2.14. The minimum atomic E-state index is -0.234. The van der Waals surface area contributed by atoms with Crippen LogP contribution in [0.15, 0.2) is 24.7 Å². The Morgan fingerprint density at radius 2 is 2.23 bits per heavy atom. The van der Waals surface area contributed by atoms with Crippen molar-refractivity contribution in [1.29, 1.82) is 0 Å². The number of amides is 1. The third-order valence-corrected chi connectivity index (χ3v) is 4.16. The van der Waals surface area contributed by atoms with Gasteiger partial charge in [-0.3, -0.25) is 9.89 Å². The zero-order valence-electron chi connectivity index (χ0n) is 12.4. The lowest BCUT2D eigenvalue weighted by Crippen LogP contribution is -2.12. The molecular weight excluding hydrogens is 280 g/mol. The SMILES string of the molecule is C[C@@H]1C[C@H]1c1cc(NC(=O)c2cnc3c(c2)ncn3C)n[nH]1. The van der Waals surface area contributed by atoms with E-state index in [-0.39, 0.29) is 5.91 Å². The summed E-state index contributed by atoms with van der Waals surface area (Å²) in [7, 11) is 1.87. The Kier molecular flexibility index (Phi) is 2.75. The molecule has 112 valence electrons. The van der Waals surface area contributed by atoms with E-state index in [1.165, 1.54) is 6.42 Å². The summed E-state index contributed by atoms with van der Waals surface area (Å²) in [6, 6.07) is 3.63. The average molecular weight is 296 g/mol. The molecular formula is C15H16N6O. The van der Waals surface area contributed by atoms with Gasteiger partial charge in [0.05, 0.1) is 11.9 Å². The number of nitrogens with zero attached hydrogens (tertiary/aromatic N) is 4. The van der Waals surface area contributed by atoms with Crippen LogP contribution in [-0.2, 0) is 7.05 Å². The highest BCUT2D eigenvalue weighted by Gasteiger charge is 2.35. The molecule has 0 saturated heterocycles. The second kappa shape index (κ2) is 4.66. The van der Waals surface area contributed by atoms with Crippen LogP contribution in [0.25, 0.3) is 11.2 Å². The molecule has 1 aliphatic rings. The summed E-state index contributed by atoms with van der Waals surface area (Å²) in [5.41, 5.74) is 3.00. The molecule has 2 N–H and O–H groups in total. The molecule has 1 fully saturated rings. The van der Waals surface area contributed by atoms with E-state index < -0.39 is 0 Å². The molecule has 1 amide bonds. The largest absolute Gasteiger partial charge is 0.318 e. The van der Waals surface area contributed by atoms with Crippen molar-refractivity contribution < 1.29 is 4.79 Å². The van der Waals surface area contributed by atoms with Crippen LogP contribution in [0.5, 0.6) is 0 Å². The first-order valence-electron chi connectivity index (χ1n) is 7.25. The van der Waals surface area contributed by atoms with Crippen molar-refractivity contribution in [3.8, 4) is 0 Å². The molecule has 22 heavy (non-hydrogen) atoms. The number of carbonyl (C=O) groups is 1. The summed E-state index contributed by atoms with van der Waals surface area (Å²) in [5, 5.41) is 9.93. The predicted octanol–water partition coefficient (Wildman–Crippen LogP) is 2.07. The Morgan fingerprint density at radius 3 is 3.00 bits per heavy atom. The number of hydrogen-bond donors (Lipinski definition) is 2. The molecule has 7 nitrogen and oxygen atoms in total. The molecule has 2 atom stereocenters. The molecule has 7 heteroatoms. The standard InChI is InChI=1S/C15H16N6O/c1-8-3-10(8)11-5-13(20-19-11)18-15(22)9-4-12-14(16-6-9)21(2)7-17-12/h4-8,10H,3H2,1-2H3,(H2,18,19,20,22)/t8-,10-/m1/s1. The minimum Gasteiger partial charge on any atom is -0.318 e. The predicted molar refractivity (Wildman–Crippen MR) is 81.6 cm³/mol. The number of hydrogen-bond acceptors (Lipinski definition) is 4. The van der Waals surface area contributed by atoms with Crippen LogP contribution in [0.3, 0.4) is 0 Å². The lowest BCUT2D eigenvalue weighted by atomic mass is 10.2. The van der Waals surface area contributed by atoms with Crippen LogP contribution in [-0.4, -0.2) is 30.6 Å². The number of aromatic amines is 1. The van der Waals surface area contributed by atoms with E-state index in [4.69, 9.17) is 0 Å². The number of nitrogens with one attached hydrogen (secondary N) is 2. The normalized spacial score (nSPS) is 20.3. The van der Waals surface area contributed by atoms with Gasteiger partial charge in [-0.25, -0.2) is 9.97 Å². The van der Waals surface area contributed by atoms with Crippen molar-refractivity contribution in [2.24, 2.45) is 13.0 Å². The van der Waals surface area contributed by atoms with E-state index >= 15 is 0 Å². The Hall–Kier alpha value is -2.70. The van der Waals surface area contributed by atoms with Gasteiger partial charge in [-0.15, -0.1) is 0 Å². The fourth-order valence-corrected chi connectivity index (χ4v) is 2.67. The van der Waals surface area contributed by atoms with E-state index in [1.54, 1.807) is 18.6 Å². The molecule has 0 aromatic carbocycles. The van der Waals surface area contributed by atoms with Crippen LogP contribution >= 0.6 is 0 Å². The Bertz CT molecular complexity index is 864. The van der Waals surface area contributed by atoms with Crippen LogP contribution in [0, 0.1) is 5.92 Å². The van der Waals surface area contributed by atoms with Crippen molar-refractivity contribution in [1.82, 2.24) is 24.7 Å². The van der Waals surface area contributed by atoms with Gasteiger partial charge in [0.2, 0.25) is 0 Å². The monoisotopic (exact) mass is 296 g/mol. The van der Waals surface area contributed by atoms with Gasteiger partial charge in [-0.1, -0.05) is 6.92 Å². The number of aromatic nitrogens is 5. The maximum atomic E-state index is 12.3. The van der Waals surface area contributed by atoms with Gasteiger partial charge in [0.25, 0.3) is 5.91 Å². The van der Waals surface area contributed by atoms with E-state index in [9.17, 15) is 4.79 Å². The molecule has 0 radical (unpaired) electrons. The van der Waals surface area contributed by atoms with Gasteiger partial charge in [0.1, 0.15) is 5.52 Å². The number of pyridine rings is 1. The number of fused-ring (bicyclic) bond motifs is 1. The maximum Gasteiger partial charge on any atom is 0.258 e. The molecule has 3 aromatic rings. The quantitative estimate of drug-likeness (QED) is 0.774. The molecule has 1 aliphatic carbocycles. The Labute approximate surface area is 126 Å². The highest BCUT2D eigenvalue weighted by atomic mass is 16.1. The van der Waals surface area contributed by atoms with Gasteiger partial charge in [-0.05, 0) is 18.4 Å². The molecule has 3 aromatic heterocycles. The lowest BCUT2D eigenvalue weighted by Gasteiger charge is -2.01. The van der Waals surface area contributed by atoms with Crippen molar-refractivity contribution in [2.75, 3.05) is 5.32 Å². The van der Waals surface area contributed by atoms with Gasteiger partial charge in [-0.2, -0.15) is 5.10 Å². The molecule has 4 rings (SSSR count). The summed E-state index contributed by atoms with van der Waals surface area (Å²) < 4.78 is 1.81. The van der Waals surface area contributed by atoms with Crippen LogP contribution in [0.4, 0.5) is 5.82 Å². The molecule has 0 unspecified atom stereocenters. The summed E-state index contributed by atoms with van der Waals surface area (Å²) in [6.45, 7) is 2.21. The van der Waals surface area contributed by atoms with E-state index in [1.807, 2.05) is 17.7 Å². The molecule has 3 heterocycles. The van der Waals surface area contributed by atoms with Crippen molar-refractivity contribution in [3.63, 3.8) is 0 Å². The summed E-state index contributed by atoms with van der Waals surface area (Å²) in [6.07, 6.45) is 4.40. The number of rotatable bonds is 3. The number of imidazole rings is 1. The second-order valence-corrected chi connectivity index (χ2v) is 5.90. The Balaban J connectivity index is 1.54. The zero-order valence-corrected chi connectivity index (χ0v) is 12.4. The molecule has 0 bridgehead atoms. The van der Waals surface area contributed by atoms with E-state index in [2.05, 4.69) is 32.4 Å². The highest BCUT2D eigenvalue weighted by Crippen LogP contribution is 2.46. The lowest BCUT2D eigenvalue weighted by molar-refractivity contribution is 0.102. The first-order chi connectivity index (χ1) is 10.6. The second-order valence-electron chi connectivity index (χ2n) is 5.90. The first-order valence-corrected chi connectivity index (χ1v) is 7.25. The molecule has 0 spiro atoms. The van der Waals surface area contributed by atoms with Gasteiger partial charge in [0, 0.05) is 30.9 Å². The topological polar surface area (TPSA) is 88.5 Å². The Morgan fingerprint density at radius 1 is 1.41 bits per heavy atom. The molecule has 1 saturated carbocycles. The number of carbonyl (C=O) groups excluding carboxylic acids is 1. The number of H-pyrrole nitrogens is 1. The third-order valence-electron chi connectivity index (χ3n) is 4.16. The smallest absolute Gasteiger partial charge is 0.258 e. The number of anilines is 1. The van der Waals surface area contributed by atoms with E-state index in [0.717, 1.165) is 11.3 Å². The van der Waals surface area contributed by atoms with Gasteiger partial charge in [0.15, 0.2) is 11.5 Å². The summed E-state index contributed by atoms with van der Waals surface area (Å²) >= 11 is 0. The van der Waals surface area contributed by atoms with Crippen molar-refractivity contribution in [2.45, 2.75) is 19.3 Å². The van der Waals surface area contributed by atoms with Crippen LogP contribution in [0.1, 0.15) is 35.3 Å². The summed E-state index contributed by atoms with van der Waals surface area (Å²) in [4.78, 5) is 20.8. The zero-order chi connectivity index (χ0) is 15.3. The molecule has 0 aliphatic heterocycles. The fourth-order valence-electron chi connectivity index (χ4n) is 2.67. The van der Waals surface area contributed by atoms with E-state index in [0.29, 0.717) is 28.7 Å². The average Bonchev–Trinajstić information content (AvgIpc) is 2.92. The van der Waals surface area contributed by atoms with Crippen LogP contribution in [0.2, 0.25) is 0 Å². The minimum absolute atomic E-state index is 0.234. The van der Waals surface area contributed by atoms with Gasteiger partial charge >= 0.3 is 0 Å². The maximum absolute atomic E-state index is 12.3. The fraction of sp³-hybridized carbons (Fsp3) is 0.333. The van der Waals surface area contributed by atoms with Crippen molar-refractivity contribution in [3.05, 3.63) is 35.9 Å². The van der Waals surface area contributed by atoms with Crippen molar-refractivity contribution >= 4 is 22.9 Å². The summed E-state index contributed by atoms with van der Waals surface area (Å²) in [5.74, 6) is 1.55. The van der Waals surface area contributed by atoms with Crippen LogP contribution < -0.4 is 5.32 Å². The number of aryl methyl sites for hydroxylation is 1. The highest BCUT2D eigenvalue weighted by molar-refractivity contribution is 6.04. The van der Waals surface area contributed by atoms with Gasteiger partial charge < -0.3 is 9.88 Å². The first kappa shape index (κ1) is 13.0.